The number of esters is 1. The molecule has 3 nitrogen and oxygen atoms in total. The van der Waals surface area contributed by atoms with Crippen LogP contribution in [0.25, 0.3) is 0 Å². The van der Waals surface area contributed by atoms with E-state index in [0.717, 1.165) is 12.8 Å². The zero-order chi connectivity index (χ0) is 8.10. The van der Waals surface area contributed by atoms with Gasteiger partial charge in [-0.3, -0.25) is 4.79 Å². The molecule has 0 amide bonds. The first kappa shape index (κ1) is 8.53. The van der Waals surface area contributed by atoms with E-state index < -0.39 is 0 Å². The maximum absolute atomic E-state index is 10.7. The average Bonchev–Trinajstić information content (AvgIpc) is 2.06. The molecule has 0 heterocycles. The van der Waals surface area contributed by atoms with E-state index in [9.17, 15) is 4.79 Å². The van der Waals surface area contributed by atoms with Gasteiger partial charge in [-0.2, -0.15) is 0 Å². The molecule has 0 saturated heterocycles. The van der Waals surface area contributed by atoms with Crippen LogP contribution >= 0.6 is 0 Å². The van der Waals surface area contributed by atoms with Crippen LogP contribution in [0.2, 0.25) is 0 Å². The van der Waals surface area contributed by atoms with Crippen LogP contribution in [0.5, 0.6) is 0 Å². The first-order valence-corrected chi connectivity index (χ1v) is 4.22. The Bertz CT molecular complexity index is 130. The van der Waals surface area contributed by atoms with E-state index in [1.165, 1.54) is 19.3 Å². The summed E-state index contributed by atoms with van der Waals surface area (Å²) in [5.74, 6) is -0.267. The largest absolute Gasteiger partial charge is 0.461 e. The number of carbonyl (C=O) groups is 1. The second-order valence-corrected chi connectivity index (χ2v) is 2.95. The lowest BCUT2D eigenvalue weighted by Crippen LogP contribution is -2.25. The van der Waals surface area contributed by atoms with E-state index in [4.69, 9.17) is 10.5 Å². The molecule has 2 N–H and O–H groups in total. The van der Waals surface area contributed by atoms with E-state index in [2.05, 4.69) is 0 Å². The van der Waals surface area contributed by atoms with Crippen LogP contribution in [0.4, 0.5) is 0 Å². The van der Waals surface area contributed by atoms with Gasteiger partial charge < -0.3 is 10.5 Å². The molecule has 1 aliphatic carbocycles. The van der Waals surface area contributed by atoms with Crippen molar-refractivity contribution in [1.29, 1.82) is 0 Å². The molecule has 1 rings (SSSR count). The molecule has 0 atom stereocenters. The zero-order valence-corrected chi connectivity index (χ0v) is 6.71. The first-order valence-electron chi connectivity index (χ1n) is 4.22. The van der Waals surface area contributed by atoms with Crippen LogP contribution in [0, 0.1) is 0 Å². The predicted molar refractivity (Wildman–Crippen MR) is 42.0 cm³/mol. The van der Waals surface area contributed by atoms with Gasteiger partial charge >= 0.3 is 5.97 Å². The zero-order valence-electron chi connectivity index (χ0n) is 6.71. The van der Waals surface area contributed by atoms with Crippen LogP contribution in [0.3, 0.4) is 0 Å². The molecule has 1 fully saturated rings. The van der Waals surface area contributed by atoms with E-state index in [0.29, 0.717) is 0 Å². The minimum absolute atomic E-state index is 0.0104. The third-order valence-electron chi connectivity index (χ3n) is 2.02. The topological polar surface area (TPSA) is 52.3 Å². The van der Waals surface area contributed by atoms with Gasteiger partial charge in [0.15, 0.2) is 0 Å². The Hall–Kier alpha value is -0.570. The molecule has 0 aromatic rings. The fourth-order valence-electron chi connectivity index (χ4n) is 1.42. The Morgan fingerprint density at radius 2 is 2.00 bits per heavy atom. The van der Waals surface area contributed by atoms with Gasteiger partial charge in [0.25, 0.3) is 0 Å². The summed E-state index contributed by atoms with van der Waals surface area (Å²) in [6.45, 7) is 0.0104. The van der Waals surface area contributed by atoms with Gasteiger partial charge in [-0.1, -0.05) is 6.42 Å². The van der Waals surface area contributed by atoms with Gasteiger partial charge in [0.05, 0.1) is 6.54 Å². The number of nitrogens with two attached hydrogens (primary N) is 1. The standard InChI is InChI=1S/C8H15NO2/c9-6-8(10)11-7-4-2-1-3-5-7/h7H,1-6,9H2. The SMILES string of the molecule is NCC(=O)OC1CCCCC1. The first-order chi connectivity index (χ1) is 5.33. The highest BCUT2D eigenvalue weighted by atomic mass is 16.5. The van der Waals surface area contributed by atoms with Crippen molar-refractivity contribution in [3.8, 4) is 0 Å². The van der Waals surface area contributed by atoms with Crippen molar-refractivity contribution in [3.63, 3.8) is 0 Å². The summed E-state index contributed by atoms with van der Waals surface area (Å²) in [4.78, 5) is 10.7. The molecule has 0 aromatic heterocycles. The Labute approximate surface area is 66.9 Å². The molecule has 1 saturated carbocycles. The van der Waals surface area contributed by atoms with Gasteiger partial charge in [-0.15, -0.1) is 0 Å². The molecule has 0 radical (unpaired) electrons. The summed E-state index contributed by atoms with van der Waals surface area (Å²) in [5, 5.41) is 0. The molecule has 1 aliphatic rings. The van der Waals surface area contributed by atoms with Crippen molar-refractivity contribution >= 4 is 5.97 Å². The molecular weight excluding hydrogens is 142 g/mol. The Balaban J connectivity index is 2.19. The monoisotopic (exact) mass is 157 g/mol. The van der Waals surface area contributed by atoms with E-state index in [1.807, 2.05) is 0 Å². The summed E-state index contributed by atoms with van der Waals surface area (Å²) in [6, 6.07) is 0. The minimum Gasteiger partial charge on any atom is -0.461 e. The Morgan fingerprint density at radius 1 is 1.36 bits per heavy atom. The summed E-state index contributed by atoms with van der Waals surface area (Å²) in [6.07, 6.45) is 5.83. The van der Waals surface area contributed by atoms with Crippen LogP contribution < -0.4 is 5.73 Å². The molecular formula is C8H15NO2. The molecule has 0 spiro atoms. The second kappa shape index (κ2) is 4.34. The lowest BCUT2D eigenvalue weighted by atomic mass is 9.98. The van der Waals surface area contributed by atoms with E-state index in [1.54, 1.807) is 0 Å². The summed E-state index contributed by atoms with van der Waals surface area (Å²) in [5.41, 5.74) is 5.11. The van der Waals surface area contributed by atoms with Crippen LogP contribution in [-0.4, -0.2) is 18.6 Å². The third-order valence-corrected chi connectivity index (χ3v) is 2.02. The summed E-state index contributed by atoms with van der Waals surface area (Å²) >= 11 is 0. The number of rotatable bonds is 2. The summed E-state index contributed by atoms with van der Waals surface area (Å²) in [7, 11) is 0. The van der Waals surface area contributed by atoms with Crippen molar-refractivity contribution in [2.75, 3.05) is 6.54 Å². The van der Waals surface area contributed by atoms with E-state index in [-0.39, 0.29) is 18.6 Å². The number of hydrogen-bond acceptors (Lipinski definition) is 3. The van der Waals surface area contributed by atoms with Crippen LogP contribution in [0.1, 0.15) is 32.1 Å². The van der Waals surface area contributed by atoms with Crippen molar-refractivity contribution in [3.05, 3.63) is 0 Å². The third kappa shape index (κ3) is 2.89. The van der Waals surface area contributed by atoms with Crippen LogP contribution in [0.15, 0.2) is 0 Å². The Morgan fingerprint density at radius 3 is 2.55 bits per heavy atom. The smallest absolute Gasteiger partial charge is 0.319 e. The fraction of sp³-hybridized carbons (Fsp3) is 0.875. The highest BCUT2D eigenvalue weighted by Crippen LogP contribution is 2.19. The lowest BCUT2D eigenvalue weighted by Gasteiger charge is -2.21. The highest BCUT2D eigenvalue weighted by Gasteiger charge is 2.16. The maximum atomic E-state index is 10.7. The number of hydrogen-bond donors (Lipinski definition) is 1. The van der Waals surface area contributed by atoms with Crippen molar-refractivity contribution in [1.82, 2.24) is 0 Å². The lowest BCUT2D eigenvalue weighted by molar-refractivity contribution is -0.148. The molecule has 0 aliphatic heterocycles. The van der Waals surface area contributed by atoms with Crippen LogP contribution in [-0.2, 0) is 9.53 Å². The Kier molecular flexibility index (Phi) is 3.36. The predicted octanol–water partition coefficient (Wildman–Crippen LogP) is 0.821. The van der Waals surface area contributed by atoms with Gasteiger partial charge in [0, 0.05) is 0 Å². The summed E-state index contributed by atoms with van der Waals surface area (Å²) < 4.78 is 5.08. The van der Waals surface area contributed by atoms with Crippen molar-refractivity contribution in [2.45, 2.75) is 38.2 Å². The molecule has 64 valence electrons. The van der Waals surface area contributed by atoms with Crippen molar-refractivity contribution in [2.24, 2.45) is 5.73 Å². The highest BCUT2D eigenvalue weighted by molar-refractivity contribution is 5.71. The van der Waals surface area contributed by atoms with Gasteiger partial charge in [0.2, 0.25) is 0 Å². The molecule has 0 unspecified atom stereocenters. The fourth-order valence-corrected chi connectivity index (χ4v) is 1.42. The van der Waals surface area contributed by atoms with Crippen molar-refractivity contribution < 1.29 is 9.53 Å². The molecule has 0 bridgehead atoms. The number of ether oxygens (including phenoxy) is 1. The second-order valence-electron chi connectivity index (χ2n) is 2.95. The molecule has 11 heavy (non-hydrogen) atoms. The number of carbonyl (C=O) groups excluding carboxylic acids is 1. The average molecular weight is 157 g/mol. The molecule has 0 aromatic carbocycles. The quantitative estimate of drug-likeness (QED) is 0.604. The van der Waals surface area contributed by atoms with Gasteiger partial charge in [-0.05, 0) is 25.7 Å². The maximum Gasteiger partial charge on any atom is 0.319 e. The normalized spacial score (nSPS) is 19.7. The van der Waals surface area contributed by atoms with Gasteiger partial charge in [-0.25, -0.2) is 0 Å². The van der Waals surface area contributed by atoms with E-state index >= 15 is 0 Å². The molecule has 3 heteroatoms. The van der Waals surface area contributed by atoms with Gasteiger partial charge in [0.1, 0.15) is 6.10 Å². The minimum atomic E-state index is -0.267.